The van der Waals surface area contributed by atoms with Crippen molar-refractivity contribution >= 4 is 28.6 Å². The van der Waals surface area contributed by atoms with Gasteiger partial charge in [0.1, 0.15) is 0 Å². The van der Waals surface area contributed by atoms with E-state index in [2.05, 4.69) is 20.5 Å². The molecule has 4 aromatic heterocycles. The molecule has 5 nitrogen and oxygen atoms in total. The third-order valence-corrected chi connectivity index (χ3v) is 5.44. The van der Waals surface area contributed by atoms with E-state index >= 15 is 0 Å². The SMILES string of the molecule is O=C(NCc1ccnc(-c2cccs2)c1)c1cc(-c2cccs2)[nH]n1. The van der Waals surface area contributed by atoms with Gasteiger partial charge in [0.15, 0.2) is 5.69 Å². The maximum atomic E-state index is 12.3. The number of nitrogens with one attached hydrogen (secondary N) is 2. The van der Waals surface area contributed by atoms with Crippen LogP contribution in [-0.4, -0.2) is 21.1 Å². The van der Waals surface area contributed by atoms with Gasteiger partial charge >= 0.3 is 0 Å². The van der Waals surface area contributed by atoms with Gasteiger partial charge in [-0.05, 0) is 46.7 Å². The highest BCUT2D eigenvalue weighted by Crippen LogP contribution is 2.24. The Kier molecular flexibility index (Phi) is 4.41. The smallest absolute Gasteiger partial charge is 0.272 e. The van der Waals surface area contributed by atoms with E-state index in [9.17, 15) is 4.79 Å². The van der Waals surface area contributed by atoms with Crippen LogP contribution in [0.2, 0.25) is 0 Å². The average Bonchev–Trinajstić information content (AvgIpc) is 3.41. The van der Waals surface area contributed by atoms with E-state index in [4.69, 9.17) is 0 Å². The summed E-state index contributed by atoms with van der Waals surface area (Å²) in [5.74, 6) is -0.200. The molecule has 4 aromatic rings. The molecule has 0 bridgehead atoms. The van der Waals surface area contributed by atoms with Crippen molar-refractivity contribution in [3.8, 4) is 21.1 Å². The normalized spacial score (nSPS) is 10.7. The molecule has 0 aliphatic heterocycles. The minimum Gasteiger partial charge on any atom is -0.347 e. The first-order valence-corrected chi connectivity index (χ1v) is 9.42. The van der Waals surface area contributed by atoms with Gasteiger partial charge in [-0.3, -0.25) is 14.9 Å². The van der Waals surface area contributed by atoms with Crippen LogP contribution in [0.3, 0.4) is 0 Å². The van der Waals surface area contributed by atoms with Crippen LogP contribution in [0.15, 0.2) is 59.4 Å². The molecule has 0 aliphatic carbocycles. The summed E-state index contributed by atoms with van der Waals surface area (Å²) in [6.45, 7) is 0.431. The van der Waals surface area contributed by atoms with E-state index in [-0.39, 0.29) is 5.91 Å². The molecule has 0 atom stereocenters. The second-order valence-electron chi connectivity index (χ2n) is 5.35. The molecule has 25 heavy (non-hydrogen) atoms. The molecule has 124 valence electrons. The highest BCUT2D eigenvalue weighted by Gasteiger charge is 2.12. The molecule has 1 amide bonds. The fraction of sp³-hybridized carbons (Fsp3) is 0.0556. The summed E-state index contributed by atoms with van der Waals surface area (Å²) in [5.41, 5.74) is 3.15. The zero-order chi connectivity index (χ0) is 17.1. The third-order valence-electron chi connectivity index (χ3n) is 3.65. The quantitative estimate of drug-likeness (QED) is 0.556. The summed E-state index contributed by atoms with van der Waals surface area (Å²) in [7, 11) is 0. The topological polar surface area (TPSA) is 70.7 Å². The highest BCUT2D eigenvalue weighted by atomic mass is 32.1. The molecule has 0 spiro atoms. The fourth-order valence-corrected chi connectivity index (χ4v) is 3.80. The number of hydrogen-bond donors (Lipinski definition) is 2. The number of amides is 1. The summed E-state index contributed by atoms with van der Waals surface area (Å²) in [6.07, 6.45) is 1.76. The van der Waals surface area contributed by atoms with Crippen molar-refractivity contribution in [2.24, 2.45) is 0 Å². The van der Waals surface area contributed by atoms with Crippen LogP contribution in [-0.2, 0) is 6.54 Å². The lowest BCUT2D eigenvalue weighted by Gasteiger charge is -2.05. The minimum atomic E-state index is -0.200. The first-order valence-electron chi connectivity index (χ1n) is 7.66. The molecule has 4 rings (SSSR count). The predicted molar refractivity (Wildman–Crippen MR) is 101 cm³/mol. The molecular formula is C18H14N4OS2. The van der Waals surface area contributed by atoms with Crippen LogP contribution in [0.1, 0.15) is 16.1 Å². The van der Waals surface area contributed by atoms with Crippen molar-refractivity contribution < 1.29 is 4.79 Å². The van der Waals surface area contributed by atoms with Gasteiger partial charge in [-0.2, -0.15) is 5.10 Å². The number of aromatic amines is 1. The summed E-state index contributed by atoms with van der Waals surface area (Å²) in [6, 6.07) is 13.7. The zero-order valence-corrected chi connectivity index (χ0v) is 14.7. The van der Waals surface area contributed by atoms with Crippen LogP contribution >= 0.6 is 22.7 Å². The molecule has 0 radical (unpaired) electrons. The van der Waals surface area contributed by atoms with Crippen molar-refractivity contribution in [1.82, 2.24) is 20.5 Å². The molecule has 7 heteroatoms. The summed E-state index contributed by atoms with van der Waals surface area (Å²) in [5, 5.41) is 13.9. The molecule has 0 saturated heterocycles. The van der Waals surface area contributed by atoms with Gasteiger partial charge < -0.3 is 5.32 Å². The monoisotopic (exact) mass is 366 g/mol. The Morgan fingerprint density at radius 1 is 1.08 bits per heavy atom. The number of thiophene rings is 2. The van der Waals surface area contributed by atoms with E-state index in [1.54, 1.807) is 34.9 Å². The Labute approximate surface area is 152 Å². The highest BCUT2D eigenvalue weighted by molar-refractivity contribution is 7.13. The van der Waals surface area contributed by atoms with Crippen molar-refractivity contribution in [2.75, 3.05) is 0 Å². The van der Waals surface area contributed by atoms with Gasteiger partial charge in [0, 0.05) is 12.7 Å². The molecule has 0 aromatic carbocycles. The summed E-state index contributed by atoms with van der Waals surface area (Å²) >= 11 is 3.25. The summed E-state index contributed by atoms with van der Waals surface area (Å²) in [4.78, 5) is 18.9. The van der Waals surface area contributed by atoms with E-state index in [0.29, 0.717) is 12.2 Å². The van der Waals surface area contributed by atoms with E-state index in [1.807, 2.05) is 47.2 Å². The number of nitrogens with zero attached hydrogens (tertiary/aromatic N) is 2. The number of carbonyl (C=O) groups excluding carboxylic acids is 1. The van der Waals surface area contributed by atoms with E-state index < -0.39 is 0 Å². The Morgan fingerprint density at radius 2 is 1.88 bits per heavy atom. The first-order chi connectivity index (χ1) is 12.3. The van der Waals surface area contributed by atoms with E-state index in [0.717, 1.165) is 26.7 Å². The summed E-state index contributed by atoms with van der Waals surface area (Å²) < 4.78 is 0. The molecule has 0 fully saturated rings. The molecule has 0 unspecified atom stereocenters. The van der Waals surface area contributed by atoms with Gasteiger partial charge in [0.05, 0.1) is 21.1 Å². The van der Waals surface area contributed by atoms with E-state index in [1.165, 1.54) is 0 Å². The standard InChI is InChI=1S/C18H14N4OS2/c23-18(15-10-14(21-22-15)17-4-2-8-25-17)20-11-12-5-6-19-13(9-12)16-3-1-7-24-16/h1-10H,11H2,(H,20,23)(H,21,22). The van der Waals surface area contributed by atoms with Crippen LogP contribution in [0.5, 0.6) is 0 Å². The van der Waals surface area contributed by atoms with Gasteiger partial charge in [0.2, 0.25) is 0 Å². The average molecular weight is 366 g/mol. The van der Waals surface area contributed by atoms with Crippen molar-refractivity contribution in [1.29, 1.82) is 0 Å². The number of rotatable bonds is 5. The molecule has 2 N–H and O–H groups in total. The molecule has 4 heterocycles. The van der Waals surface area contributed by atoms with Crippen LogP contribution in [0, 0.1) is 0 Å². The van der Waals surface area contributed by atoms with Crippen molar-refractivity contribution in [2.45, 2.75) is 6.54 Å². The fourth-order valence-electron chi connectivity index (χ4n) is 2.41. The van der Waals surface area contributed by atoms with Crippen molar-refractivity contribution in [3.05, 3.63) is 70.7 Å². The number of H-pyrrole nitrogens is 1. The van der Waals surface area contributed by atoms with Gasteiger partial charge in [-0.25, -0.2) is 0 Å². The molecule has 0 saturated carbocycles. The second kappa shape index (κ2) is 7.00. The largest absolute Gasteiger partial charge is 0.347 e. The second-order valence-corrected chi connectivity index (χ2v) is 7.25. The van der Waals surface area contributed by atoms with Crippen molar-refractivity contribution in [3.63, 3.8) is 0 Å². The maximum absolute atomic E-state index is 12.3. The molecule has 0 aliphatic rings. The Balaban J connectivity index is 1.43. The van der Waals surface area contributed by atoms with Crippen LogP contribution < -0.4 is 5.32 Å². The Morgan fingerprint density at radius 3 is 2.64 bits per heavy atom. The van der Waals surface area contributed by atoms with Gasteiger partial charge in [0.25, 0.3) is 5.91 Å². The van der Waals surface area contributed by atoms with Crippen LogP contribution in [0.4, 0.5) is 0 Å². The molecular weight excluding hydrogens is 352 g/mol. The number of hydrogen-bond acceptors (Lipinski definition) is 5. The van der Waals surface area contributed by atoms with Crippen LogP contribution in [0.25, 0.3) is 21.1 Å². The third kappa shape index (κ3) is 3.52. The lowest BCUT2D eigenvalue weighted by molar-refractivity contribution is 0.0946. The lowest BCUT2D eigenvalue weighted by atomic mass is 10.2. The van der Waals surface area contributed by atoms with Gasteiger partial charge in [-0.1, -0.05) is 12.1 Å². The number of aromatic nitrogens is 3. The predicted octanol–water partition coefficient (Wildman–Crippen LogP) is 4.19. The number of pyridine rings is 1. The Hall–Kier alpha value is -2.77. The number of carbonyl (C=O) groups is 1. The maximum Gasteiger partial charge on any atom is 0.272 e. The zero-order valence-electron chi connectivity index (χ0n) is 13.1. The Bertz CT molecular complexity index is 974. The first kappa shape index (κ1) is 15.7. The minimum absolute atomic E-state index is 0.200. The van der Waals surface area contributed by atoms with Gasteiger partial charge in [-0.15, -0.1) is 22.7 Å². The lowest BCUT2D eigenvalue weighted by Crippen LogP contribution is -2.23.